The summed E-state index contributed by atoms with van der Waals surface area (Å²) in [5.74, 6) is -0.639. The van der Waals surface area contributed by atoms with E-state index in [0.717, 1.165) is 0 Å². The van der Waals surface area contributed by atoms with Gasteiger partial charge in [0.2, 0.25) is 5.91 Å². The van der Waals surface area contributed by atoms with Crippen molar-refractivity contribution >= 4 is 17.6 Å². The van der Waals surface area contributed by atoms with Crippen LogP contribution in [0.2, 0.25) is 0 Å². The molecule has 0 rings (SSSR count). The van der Waals surface area contributed by atoms with Gasteiger partial charge in [-0.1, -0.05) is 13.8 Å². The van der Waals surface area contributed by atoms with Gasteiger partial charge in [-0.15, -0.1) is 0 Å². The molecular weight excluding hydrogens is 284 g/mol. The first-order valence-electron chi connectivity index (χ1n) is 7.67. The molecule has 0 spiro atoms. The van der Waals surface area contributed by atoms with Crippen molar-refractivity contribution in [3.8, 4) is 0 Å². The van der Waals surface area contributed by atoms with Gasteiger partial charge in [0, 0.05) is 12.5 Å². The lowest BCUT2D eigenvalue weighted by Crippen LogP contribution is -2.49. The van der Waals surface area contributed by atoms with Crippen LogP contribution in [-0.4, -0.2) is 42.8 Å². The molecule has 2 unspecified atom stereocenters. The van der Waals surface area contributed by atoms with Gasteiger partial charge in [-0.2, -0.15) is 0 Å². The molecule has 128 valence electrons. The van der Waals surface area contributed by atoms with Crippen molar-refractivity contribution in [3.05, 3.63) is 0 Å². The van der Waals surface area contributed by atoms with Gasteiger partial charge in [0.05, 0.1) is 12.1 Å². The maximum Gasteiger partial charge on any atom is 0.237 e. The van der Waals surface area contributed by atoms with E-state index in [0.29, 0.717) is 38.8 Å². The van der Waals surface area contributed by atoms with E-state index in [1.165, 1.54) is 0 Å². The molecule has 0 aromatic heterocycles. The smallest absolute Gasteiger partial charge is 0.237 e. The largest absolute Gasteiger partial charge is 0.370 e. The van der Waals surface area contributed by atoms with E-state index in [4.69, 9.17) is 22.6 Å². The van der Waals surface area contributed by atoms with Crippen molar-refractivity contribution < 1.29 is 9.59 Å². The summed E-state index contributed by atoms with van der Waals surface area (Å²) >= 11 is 0. The Morgan fingerprint density at radius 2 is 1.82 bits per heavy atom. The average molecular weight is 314 g/mol. The van der Waals surface area contributed by atoms with E-state index in [1.807, 2.05) is 0 Å². The SMILES string of the molecule is CC(C)C(=O)C(CCCNC(=N)N)NC(=O)C(N)CCCN. The molecule has 0 aromatic rings. The van der Waals surface area contributed by atoms with Gasteiger partial charge in [0.25, 0.3) is 0 Å². The van der Waals surface area contributed by atoms with Gasteiger partial charge in [-0.05, 0) is 32.2 Å². The van der Waals surface area contributed by atoms with Gasteiger partial charge in [-0.3, -0.25) is 15.0 Å². The molecule has 0 aliphatic carbocycles. The number of nitrogens with one attached hydrogen (secondary N) is 3. The first-order chi connectivity index (χ1) is 10.3. The molecular formula is C14H30N6O2. The van der Waals surface area contributed by atoms with Crippen LogP contribution in [-0.2, 0) is 9.59 Å². The van der Waals surface area contributed by atoms with Crippen LogP contribution in [0.25, 0.3) is 0 Å². The summed E-state index contributed by atoms with van der Waals surface area (Å²) in [6, 6.07) is -1.22. The highest BCUT2D eigenvalue weighted by Crippen LogP contribution is 2.07. The Hall–Kier alpha value is -1.67. The molecule has 0 bridgehead atoms. The topological polar surface area (TPSA) is 160 Å². The van der Waals surface area contributed by atoms with Crippen molar-refractivity contribution in [1.82, 2.24) is 10.6 Å². The Balaban J connectivity index is 4.49. The number of carbonyl (C=O) groups is 2. The minimum atomic E-state index is -0.652. The summed E-state index contributed by atoms with van der Waals surface area (Å²) in [6.07, 6.45) is 2.25. The number of carbonyl (C=O) groups excluding carboxylic acids is 2. The molecule has 9 N–H and O–H groups in total. The third kappa shape index (κ3) is 8.58. The van der Waals surface area contributed by atoms with Crippen LogP contribution in [0.3, 0.4) is 0 Å². The molecule has 0 fully saturated rings. The summed E-state index contributed by atoms with van der Waals surface area (Å²) in [5, 5.41) is 12.5. The molecule has 8 nitrogen and oxygen atoms in total. The fourth-order valence-corrected chi connectivity index (χ4v) is 1.96. The van der Waals surface area contributed by atoms with E-state index in [1.54, 1.807) is 13.8 Å². The molecule has 0 saturated heterocycles. The zero-order valence-electron chi connectivity index (χ0n) is 13.5. The van der Waals surface area contributed by atoms with Crippen LogP contribution in [0, 0.1) is 11.3 Å². The van der Waals surface area contributed by atoms with Crippen LogP contribution in [0.4, 0.5) is 0 Å². The summed E-state index contributed by atoms with van der Waals surface area (Å²) in [6.45, 7) is 4.55. The molecule has 0 aromatic carbocycles. The Bertz CT molecular complexity index is 372. The summed E-state index contributed by atoms with van der Waals surface area (Å²) in [7, 11) is 0. The van der Waals surface area contributed by atoms with Crippen LogP contribution in [0.5, 0.6) is 0 Å². The molecule has 0 saturated carbocycles. The predicted octanol–water partition coefficient (Wildman–Crippen LogP) is -0.974. The molecule has 1 amide bonds. The Labute approximate surface area is 132 Å². The monoisotopic (exact) mass is 314 g/mol. The molecule has 0 heterocycles. The number of hydrogen-bond acceptors (Lipinski definition) is 5. The van der Waals surface area contributed by atoms with E-state index in [2.05, 4.69) is 10.6 Å². The first kappa shape index (κ1) is 20.3. The third-order valence-corrected chi connectivity index (χ3v) is 3.27. The highest BCUT2D eigenvalue weighted by molar-refractivity contribution is 5.91. The first-order valence-corrected chi connectivity index (χ1v) is 7.67. The number of guanidine groups is 1. The van der Waals surface area contributed by atoms with Crippen molar-refractivity contribution in [1.29, 1.82) is 5.41 Å². The number of rotatable bonds is 11. The lowest BCUT2D eigenvalue weighted by atomic mass is 9.97. The molecule has 0 aliphatic heterocycles. The summed E-state index contributed by atoms with van der Waals surface area (Å²) in [4.78, 5) is 24.2. The number of nitrogens with two attached hydrogens (primary N) is 3. The van der Waals surface area contributed by atoms with Crippen molar-refractivity contribution in [2.45, 2.75) is 51.6 Å². The molecule has 8 heteroatoms. The zero-order chi connectivity index (χ0) is 17.1. The normalized spacial score (nSPS) is 13.5. The second-order valence-electron chi connectivity index (χ2n) is 5.64. The van der Waals surface area contributed by atoms with Gasteiger partial charge >= 0.3 is 0 Å². The van der Waals surface area contributed by atoms with E-state index < -0.39 is 12.1 Å². The van der Waals surface area contributed by atoms with Gasteiger partial charge < -0.3 is 27.8 Å². The maximum atomic E-state index is 12.2. The predicted molar refractivity (Wildman–Crippen MR) is 87.2 cm³/mol. The minimum Gasteiger partial charge on any atom is -0.370 e. The van der Waals surface area contributed by atoms with Crippen LogP contribution >= 0.6 is 0 Å². The molecule has 2 atom stereocenters. The Morgan fingerprint density at radius 1 is 1.18 bits per heavy atom. The maximum absolute atomic E-state index is 12.2. The second-order valence-corrected chi connectivity index (χ2v) is 5.64. The lowest BCUT2D eigenvalue weighted by Gasteiger charge is -2.21. The van der Waals surface area contributed by atoms with Crippen molar-refractivity contribution in [2.75, 3.05) is 13.1 Å². The second kappa shape index (κ2) is 11.0. The van der Waals surface area contributed by atoms with Gasteiger partial charge in [-0.25, -0.2) is 0 Å². The summed E-state index contributed by atoms with van der Waals surface area (Å²) < 4.78 is 0. The van der Waals surface area contributed by atoms with Crippen LogP contribution in [0.1, 0.15) is 39.5 Å². The zero-order valence-corrected chi connectivity index (χ0v) is 13.5. The van der Waals surface area contributed by atoms with Crippen molar-refractivity contribution in [2.24, 2.45) is 23.1 Å². The minimum absolute atomic E-state index is 0.0257. The fraction of sp³-hybridized carbons (Fsp3) is 0.786. The number of hydrogen-bond donors (Lipinski definition) is 6. The van der Waals surface area contributed by atoms with E-state index in [9.17, 15) is 9.59 Å². The van der Waals surface area contributed by atoms with Crippen molar-refractivity contribution in [3.63, 3.8) is 0 Å². The quantitative estimate of drug-likeness (QED) is 0.163. The van der Waals surface area contributed by atoms with E-state index >= 15 is 0 Å². The lowest BCUT2D eigenvalue weighted by molar-refractivity contribution is -0.130. The standard InChI is InChI=1S/C14H30N6O2/c1-9(2)12(21)11(6-4-8-19-14(17)18)20-13(22)10(16)5-3-7-15/h9-11H,3-8,15-16H2,1-2H3,(H,20,22)(H4,17,18,19). The molecule has 0 aliphatic rings. The molecule has 0 radical (unpaired) electrons. The van der Waals surface area contributed by atoms with Gasteiger partial charge in [0.1, 0.15) is 0 Å². The van der Waals surface area contributed by atoms with Gasteiger partial charge in [0.15, 0.2) is 11.7 Å². The van der Waals surface area contributed by atoms with E-state index in [-0.39, 0.29) is 23.6 Å². The Morgan fingerprint density at radius 3 is 2.32 bits per heavy atom. The Kier molecular flexibility index (Phi) is 10.1. The number of Topliss-reactive ketones (excluding diaryl/α,β-unsaturated/α-hetero) is 1. The summed E-state index contributed by atoms with van der Waals surface area (Å²) in [5.41, 5.74) is 16.4. The van der Waals surface area contributed by atoms with Crippen LogP contribution < -0.4 is 27.8 Å². The fourth-order valence-electron chi connectivity index (χ4n) is 1.96. The number of amides is 1. The number of ketones is 1. The third-order valence-electron chi connectivity index (χ3n) is 3.27. The van der Waals surface area contributed by atoms with Crippen LogP contribution in [0.15, 0.2) is 0 Å². The molecule has 22 heavy (non-hydrogen) atoms. The average Bonchev–Trinajstić information content (AvgIpc) is 2.46. The highest BCUT2D eigenvalue weighted by atomic mass is 16.2. The highest BCUT2D eigenvalue weighted by Gasteiger charge is 2.24.